The molecule has 3 fully saturated rings. The zero-order chi connectivity index (χ0) is 18.1. The van der Waals surface area contributed by atoms with Crippen LogP contribution in [0.25, 0.3) is 0 Å². The van der Waals surface area contributed by atoms with Crippen molar-refractivity contribution >= 4 is 5.97 Å². The Balaban J connectivity index is 1.80. The van der Waals surface area contributed by atoms with Gasteiger partial charge in [-0.3, -0.25) is 0 Å². The molecular formula is C21H32O4. The van der Waals surface area contributed by atoms with Crippen LogP contribution in [0.5, 0.6) is 0 Å². The maximum absolute atomic E-state index is 12.2. The third kappa shape index (κ3) is 2.10. The van der Waals surface area contributed by atoms with Gasteiger partial charge in [0.1, 0.15) is 0 Å². The van der Waals surface area contributed by atoms with E-state index in [2.05, 4.69) is 13.8 Å². The van der Waals surface area contributed by atoms with E-state index in [-0.39, 0.29) is 22.7 Å². The molecule has 0 aromatic rings. The van der Waals surface area contributed by atoms with Crippen LogP contribution in [-0.2, 0) is 9.53 Å². The van der Waals surface area contributed by atoms with Crippen molar-refractivity contribution in [2.45, 2.75) is 71.5 Å². The van der Waals surface area contributed by atoms with E-state index in [4.69, 9.17) is 4.74 Å². The molecule has 3 saturated carbocycles. The van der Waals surface area contributed by atoms with Crippen molar-refractivity contribution in [1.29, 1.82) is 0 Å². The Bertz CT molecular complexity index is 621. The standard InChI is InChI=1S/C21H32O4/c1-11-9-21-10-13(11)5-6-15(21)20(3)8-7-14(19(24)25-4)12(2)16(20)17(22)18(21)23/h11,13,15-18,22-23H,5-10H2,1-4H3/t11-,13+,15-,16-,17?,18?,20-,21-/m0/s1. The topological polar surface area (TPSA) is 66.8 Å². The van der Waals surface area contributed by atoms with E-state index < -0.39 is 12.2 Å². The molecule has 4 rings (SSSR count). The normalized spacial score (nSPS) is 51.8. The van der Waals surface area contributed by atoms with Crippen molar-refractivity contribution in [1.82, 2.24) is 0 Å². The number of carbonyl (C=O) groups excluding carboxylic acids is 1. The summed E-state index contributed by atoms with van der Waals surface area (Å²) in [5, 5.41) is 22.4. The Labute approximate surface area is 150 Å². The quantitative estimate of drug-likeness (QED) is 0.715. The molecule has 4 nitrogen and oxygen atoms in total. The minimum absolute atomic E-state index is 0.0463. The largest absolute Gasteiger partial charge is 0.466 e. The SMILES string of the molecule is COC(=O)C1=C(C)[C@H]2C(O)C(O)[C@@]34C[C@@H](CC[C@H]3[C@]2(C)CC1)[C@@H](C)C4. The van der Waals surface area contributed by atoms with Crippen molar-refractivity contribution in [2.24, 2.45) is 34.5 Å². The van der Waals surface area contributed by atoms with Gasteiger partial charge in [-0.15, -0.1) is 0 Å². The Morgan fingerprint density at radius 2 is 1.96 bits per heavy atom. The second kappa shape index (κ2) is 5.56. The van der Waals surface area contributed by atoms with Crippen LogP contribution in [0, 0.1) is 34.5 Å². The van der Waals surface area contributed by atoms with Crippen LogP contribution in [0.3, 0.4) is 0 Å². The summed E-state index contributed by atoms with van der Waals surface area (Å²) in [6.45, 7) is 6.59. The minimum Gasteiger partial charge on any atom is -0.466 e. The molecule has 0 heterocycles. The van der Waals surface area contributed by atoms with E-state index in [0.29, 0.717) is 23.3 Å². The maximum Gasteiger partial charge on any atom is 0.333 e. The predicted octanol–water partition coefficient (Wildman–Crippen LogP) is 3.07. The number of aliphatic hydroxyl groups is 2. The summed E-state index contributed by atoms with van der Waals surface area (Å²) in [6.07, 6.45) is 4.63. The first-order valence-electron chi connectivity index (χ1n) is 9.90. The monoisotopic (exact) mass is 348 g/mol. The van der Waals surface area contributed by atoms with Gasteiger partial charge >= 0.3 is 5.97 Å². The Hall–Kier alpha value is -0.870. The molecule has 4 heteroatoms. The van der Waals surface area contributed by atoms with Gasteiger partial charge in [0.05, 0.1) is 19.3 Å². The van der Waals surface area contributed by atoms with Crippen LogP contribution >= 0.6 is 0 Å². The van der Waals surface area contributed by atoms with Crippen LogP contribution in [0.15, 0.2) is 11.1 Å². The van der Waals surface area contributed by atoms with Gasteiger partial charge in [0.2, 0.25) is 0 Å². The van der Waals surface area contributed by atoms with Gasteiger partial charge in [-0.2, -0.15) is 0 Å². The second-order valence-electron chi connectivity index (χ2n) is 9.58. The molecule has 0 aliphatic heterocycles. The number of fused-ring (bicyclic) bond motifs is 3. The lowest BCUT2D eigenvalue weighted by molar-refractivity contribution is -0.211. The highest BCUT2D eigenvalue weighted by atomic mass is 16.5. The zero-order valence-electron chi connectivity index (χ0n) is 15.9. The molecule has 4 aliphatic rings. The highest BCUT2D eigenvalue weighted by Crippen LogP contribution is 2.70. The van der Waals surface area contributed by atoms with Gasteiger partial charge in [0.25, 0.3) is 0 Å². The molecule has 25 heavy (non-hydrogen) atoms. The molecule has 0 amide bonds. The number of aliphatic hydroxyl groups excluding tert-OH is 2. The highest BCUT2D eigenvalue weighted by Gasteiger charge is 2.68. The van der Waals surface area contributed by atoms with Crippen molar-refractivity contribution < 1.29 is 19.7 Å². The number of carbonyl (C=O) groups is 1. The average Bonchev–Trinajstić information content (AvgIpc) is 2.83. The van der Waals surface area contributed by atoms with Gasteiger partial charge in [-0.05, 0) is 68.6 Å². The third-order valence-electron chi connectivity index (χ3n) is 8.72. The molecule has 140 valence electrons. The average molecular weight is 348 g/mol. The number of esters is 1. The zero-order valence-corrected chi connectivity index (χ0v) is 15.9. The molecule has 4 aliphatic carbocycles. The maximum atomic E-state index is 12.2. The fourth-order valence-electron chi connectivity index (χ4n) is 7.69. The lowest BCUT2D eigenvalue weighted by Gasteiger charge is -2.63. The molecule has 2 bridgehead atoms. The fraction of sp³-hybridized carbons (Fsp3) is 0.857. The first kappa shape index (κ1) is 17.5. The molecular weight excluding hydrogens is 316 g/mol. The van der Waals surface area contributed by atoms with Gasteiger partial charge < -0.3 is 14.9 Å². The molecule has 2 unspecified atom stereocenters. The Morgan fingerprint density at radius 1 is 1.24 bits per heavy atom. The molecule has 0 radical (unpaired) electrons. The summed E-state index contributed by atoms with van der Waals surface area (Å²) in [5.41, 5.74) is 1.47. The second-order valence-corrected chi connectivity index (χ2v) is 9.58. The summed E-state index contributed by atoms with van der Waals surface area (Å²) in [6, 6.07) is 0. The van der Waals surface area contributed by atoms with Gasteiger partial charge in [0, 0.05) is 16.9 Å². The number of hydrogen-bond acceptors (Lipinski definition) is 4. The van der Waals surface area contributed by atoms with E-state index in [1.807, 2.05) is 6.92 Å². The highest BCUT2D eigenvalue weighted by molar-refractivity contribution is 5.89. The first-order valence-corrected chi connectivity index (χ1v) is 9.90. The molecule has 2 N–H and O–H groups in total. The van der Waals surface area contributed by atoms with Crippen molar-refractivity contribution in [2.75, 3.05) is 7.11 Å². The predicted molar refractivity (Wildman–Crippen MR) is 94.6 cm³/mol. The first-order chi connectivity index (χ1) is 11.8. The Kier molecular flexibility index (Phi) is 3.90. The van der Waals surface area contributed by atoms with E-state index in [0.717, 1.165) is 37.7 Å². The van der Waals surface area contributed by atoms with E-state index in [1.54, 1.807) is 0 Å². The summed E-state index contributed by atoms with van der Waals surface area (Å²) in [4.78, 5) is 12.2. The van der Waals surface area contributed by atoms with Crippen molar-refractivity contribution in [3.8, 4) is 0 Å². The van der Waals surface area contributed by atoms with Crippen LogP contribution < -0.4 is 0 Å². The van der Waals surface area contributed by atoms with Gasteiger partial charge in [-0.25, -0.2) is 4.79 Å². The molecule has 1 spiro atoms. The number of ether oxygens (including phenoxy) is 1. The van der Waals surface area contributed by atoms with E-state index in [1.165, 1.54) is 13.5 Å². The number of rotatable bonds is 1. The van der Waals surface area contributed by atoms with Crippen LogP contribution in [0.2, 0.25) is 0 Å². The van der Waals surface area contributed by atoms with E-state index >= 15 is 0 Å². The summed E-state index contributed by atoms with van der Waals surface area (Å²) in [7, 11) is 1.42. The summed E-state index contributed by atoms with van der Waals surface area (Å²) in [5.74, 6) is 1.34. The summed E-state index contributed by atoms with van der Waals surface area (Å²) >= 11 is 0. The molecule has 0 saturated heterocycles. The van der Waals surface area contributed by atoms with Gasteiger partial charge in [-0.1, -0.05) is 19.4 Å². The summed E-state index contributed by atoms with van der Waals surface area (Å²) < 4.78 is 4.96. The smallest absolute Gasteiger partial charge is 0.333 e. The van der Waals surface area contributed by atoms with Crippen LogP contribution in [0.1, 0.15) is 59.3 Å². The van der Waals surface area contributed by atoms with Crippen LogP contribution in [0.4, 0.5) is 0 Å². The number of hydrogen-bond donors (Lipinski definition) is 2. The molecule has 8 atom stereocenters. The lowest BCUT2D eigenvalue weighted by Crippen LogP contribution is -2.64. The number of methoxy groups -OCH3 is 1. The fourth-order valence-corrected chi connectivity index (χ4v) is 7.69. The van der Waals surface area contributed by atoms with Gasteiger partial charge in [0.15, 0.2) is 0 Å². The Morgan fingerprint density at radius 3 is 2.64 bits per heavy atom. The molecule has 0 aromatic carbocycles. The van der Waals surface area contributed by atoms with Crippen molar-refractivity contribution in [3.05, 3.63) is 11.1 Å². The third-order valence-corrected chi connectivity index (χ3v) is 8.72. The van der Waals surface area contributed by atoms with Crippen LogP contribution in [-0.4, -0.2) is 35.5 Å². The lowest BCUT2D eigenvalue weighted by atomic mass is 9.43. The van der Waals surface area contributed by atoms with E-state index in [9.17, 15) is 15.0 Å². The van der Waals surface area contributed by atoms with Crippen molar-refractivity contribution in [3.63, 3.8) is 0 Å². The minimum atomic E-state index is -0.787. The molecule has 0 aromatic heterocycles.